The largest absolute Gasteiger partial charge is 0.452 e. The molecule has 21 rings (SSSR count). The molecule has 0 saturated carbocycles. The molecule has 546 valence electrons. The van der Waals surface area contributed by atoms with Crippen LogP contribution >= 0.6 is 0 Å². The van der Waals surface area contributed by atoms with Crippen LogP contribution in [0.5, 0.6) is 0 Å². The number of hydrogen-bond acceptors (Lipinski definition) is 3. The van der Waals surface area contributed by atoms with Crippen LogP contribution in [0.25, 0.3) is 138 Å². The second kappa shape index (κ2) is 24.8. The topological polar surface area (TPSA) is 34.4 Å². The van der Waals surface area contributed by atoms with Gasteiger partial charge in [0.1, 0.15) is 0 Å². The molecule has 0 bridgehead atoms. The van der Waals surface area contributed by atoms with Gasteiger partial charge in [-0.15, -0.1) is 0 Å². The second-order valence-electron chi connectivity index (χ2n) is 34.6. The number of para-hydroxylation sites is 6. The molecule has 15 aromatic carbocycles. The fraction of sp³-hybridized carbons (Fsp3) is 0.151. The monoisotopic (exact) mass is 1470 g/mol. The second-order valence-corrected chi connectivity index (χ2v) is 34.6. The molecule has 0 amide bonds. The zero-order valence-corrected chi connectivity index (χ0v) is 65.0. The summed E-state index contributed by atoms with van der Waals surface area (Å²) in [6, 6.07) is 68.5. The molecule has 0 atom stereocenters. The van der Waals surface area contributed by atoms with Crippen LogP contribution in [0.4, 0.5) is 34.1 Å². The number of hydrogen-bond donors (Lipinski definition) is 0. The minimum absolute atomic E-state index is 0.0238. The van der Waals surface area contributed by atoms with Crippen molar-refractivity contribution in [3.63, 3.8) is 0 Å². The molecule has 0 aliphatic carbocycles. The molecular weight excluding hydrogens is 1370 g/mol. The molecule has 4 aromatic heterocycles. The molecule has 0 saturated heterocycles. The van der Waals surface area contributed by atoms with E-state index in [-0.39, 0.29) is 76.5 Å². The van der Waals surface area contributed by atoms with Gasteiger partial charge in [-0.2, -0.15) is 0 Å². The SMILES string of the molecule is [2H]c1c([2H])c([2H])c2c(c1[2H])c1c([2H])c([2H])c([2H])c([2H])c1n2-c1ccc2c(c1)N(c1cc(-c3ccccc3)cc(-c3ccccc3)c1)c1cc(-c3cc(C(C)(C)C)cc(C(C)(C)C)c3)cc3c1B2c1ccc(-n2c4ccc(C(C)(C)C)cc4c4cc(C(C)(C)C)ccc42)cc1N3c1cccc2c1oc1c(-n3c4c([2H])c([2H])c([2H])c([2H])c4c4c([2H])c([2H])c([2H])c([2H])c43)cccc12. The molecule has 0 unspecified atom stereocenters. The molecule has 19 aromatic rings. The van der Waals surface area contributed by atoms with Gasteiger partial charge in [-0.1, -0.05) is 283 Å². The third kappa shape index (κ3) is 10.7. The van der Waals surface area contributed by atoms with Gasteiger partial charge < -0.3 is 27.9 Å². The first kappa shape index (κ1) is 53.1. The third-order valence-electron chi connectivity index (χ3n) is 23.5. The first-order valence-electron chi connectivity index (χ1n) is 46.8. The highest BCUT2D eigenvalue weighted by molar-refractivity contribution is 7.00. The minimum Gasteiger partial charge on any atom is -0.452 e. The van der Waals surface area contributed by atoms with Crippen LogP contribution in [0.2, 0.25) is 0 Å². The molecule has 6 heterocycles. The zero-order chi connectivity index (χ0) is 90.8. The van der Waals surface area contributed by atoms with Crippen molar-refractivity contribution in [1.82, 2.24) is 13.7 Å². The van der Waals surface area contributed by atoms with Crippen LogP contribution in [-0.4, -0.2) is 20.4 Å². The van der Waals surface area contributed by atoms with Crippen LogP contribution in [-0.2, 0) is 21.7 Å². The lowest BCUT2D eigenvalue weighted by Crippen LogP contribution is -2.61. The quantitative estimate of drug-likeness (QED) is 0.142. The van der Waals surface area contributed by atoms with Crippen molar-refractivity contribution >= 4 is 145 Å². The first-order chi connectivity index (χ1) is 61.2. The highest BCUT2D eigenvalue weighted by Crippen LogP contribution is 2.53. The number of nitrogens with zero attached hydrogens (tertiary/aromatic N) is 5. The standard InChI is InChI=1S/C106H88BN5O/c1-103(2,3)71-45-51-92-84(61-71)85-62-72(104(4,5)6)46-52-93(85)109(92)76-48-50-87-97(64-76)112(95-44-28-38-83-82-37-27-43-94(101(82)113-102(83)95)111-90-41-25-21-35-80(90)81-36-22-26-42-91(81)111)99-59-70(69-54-73(105(7,8)9)60-74(55-69)106(10,11)12)58-98-100(99)107(87)86-49-47-75(108-88-39-23-19-33-78(88)79-34-20-24-40-89(79)108)63-96(86)110(98)77-56-67(65-29-15-13-16-30-65)53-68(57-77)66-31-17-14-18-32-66/h13-64H,1-12H3/i19D,20D,21D,22D,23D,24D,25D,26D,33D,34D,35D,36D,39D,40D,41D,42D. The summed E-state index contributed by atoms with van der Waals surface area (Å²) in [5.74, 6) is 0. The van der Waals surface area contributed by atoms with E-state index in [2.05, 4.69) is 237 Å². The number of aromatic nitrogens is 3. The van der Waals surface area contributed by atoms with Crippen molar-refractivity contribution in [2.45, 2.75) is 105 Å². The first-order valence-corrected chi connectivity index (χ1v) is 38.8. The lowest BCUT2D eigenvalue weighted by atomic mass is 9.33. The van der Waals surface area contributed by atoms with Crippen LogP contribution in [0.1, 0.15) is 127 Å². The maximum atomic E-state index is 9.91. The van der Waals surface area contributed by atoms with Crippen molar-refractivity contribution in [2.24, 2.45) is 0 Å². The number of furan rings is 1. The Hall–Kier alpha value is -12.8. The smallest absolute Gasteiger partial charge is 0.252 e. The van der Waals surface area contributed by atoms with E-state index < -0.39 is 103 Å². The summed E-state index contributed by atoms with van der Waals surface area (Å²) in [5, 5.41) is 3.18. The van der Waals surface area contributed by atoms with Gasteiger partial charge in [0.05, 0.1) is 66.4 Å². The number of anilines is 6. The van der Waals surface area contributed by atoms with Gasteiger partial charge in [0, 0.05) is 82.9 Å². The average molecular weight is 1470 g/mol. The molecule has 0 spiro atoms. The predicted octanol–water partition coefficient (Wildman–Crippen LogP) is 27.2. The number of fused-ring (bicyclic) bond motifs is 16. The van der Waals surface area contributed by atoms with Gasteiger partial charge in [0.15, 0.2) is 11.2 Å². The Kier molecular flexibility index (Phi) is 11.7. The van der Waals surface area contributed by atoms with Crippen molar-refractivity contribution in [3.05, 3.63) is 337 Å². The van der Waals surface area contributed by atoms with Crippen LogP contribution < -0.4 is 26.2 Å². The Bertz CT molecular complexity index is 7890. The number of rotatable bonds is 8. The molecule has 0 radical (unpaired) electrons. The Morgan fingerprint density at radius 1 is 0.257 bits per heavy atom. The van der Waals surface area contributed by atoms with E-state index in [1.54, 1.807) is 10.6 Å². The summed E-state index contributed by atoms with van der Waals surface area (Å²) in [6.07, 6.45) is 0. The van der Waals surface area contributed by atoms with E-state index in [1.165, 1.54) is 15.7 Å². The fourth-order valence-electron chi connectivity index (χ4n) is 17.7. The lowest BCUT2D eigenvalue weighted by Gasteiger charge is -2.45. The van der Waals surface area contributed by atoms with Crippen LogP contribution in [0, 0.1) is 0 Å². The summed E-state index contributed by atoms with van der Waals surface area (Å²) >= 11 is 0. The summed E-state index contributed by atoms with van der Waals surface area (Å²) in [4.78, 5) is 4.62. The van der Waals surface area contributed by atoms with Gasteiger partial charge in [-0.3, -0.25) is 0 Å². The van der Waals surface area contributed by atoms with E-state index in [0.29, 0.717) is 33.4 Å². The van der Waals surface area contributed by atoms with Gasteiger partial charge in [0.2, 0.25) is 0 Å². The Morgan fingerprint density at radius 2 is 0.655 bits per heavy atom. The van der Waals surface area contributed by atoms with Crippen LogP contribution in [0.15, 0.2) is 319 Å². The van der Waals surface area contributed by atoms with Gasteiger partial charge >= 0.3 is 0 Å². The fourth-order valence-corrected chi connectivity index (χ4v) is 17.7. The van der Waals surface area contributed by atoms with E-state index in [4.69, 9.17) is 9.90 Å². The highest BCUT2D eigenvalue weighted by Gasteiger charge is 2.45. The third-order valence-corrected chi connectivity index (χ3v) is 23.5. The molecule has 0 N–H and O–H groups in total. The number of benzene rings is 15. The Labute approximate surface area is 683 Å². The van der Waals surface area contributed by atoms with E-state index in [9.17, 15) is 16.4 Å². The lowest BCUT2D eigenvalue weighted by molar-refractivity contribution is 0.569. The minimum atomic E-state index is -0.674. The maximum absolute atomic E-state index is 9.91. The molecule has 6 nitrogen and oxygen atoms in total. The normalized spacial score (nSPS) is 15.2. The van der Waals surface area contributed by atoms with Gasteiger partial charge in [0.25, 0.3) is 6.71 Å². The van der Waals surface area contributed by atoms with Crippen molar-refractivity contribution in [3.8, 4) is 50.4 Å². The van der Waals surface area contributed by atoms with Gasteiger partial charge in [-0.05, 0) is 209 Å². The van der Waals surface area contributed by atoms with Crippen molar-refractivity contribution in [1.29, 1.82) is 0 Å². The van der Waals surface area contributed by atoms with Crippen molar-refractivity contribution < 1.29 is 26.3 Å². The molecule has 0 fully saturated rings. The predicted molar refractivity (Wildman–Crippen MR) is 482 cm³/mol. The average Bonchev–Trinajstić information content (AvgIpc) is 1.10. The summed E-state index contributed by atoms with van der Waals surface area (Å²) < 4.78 is 164. The maximum Gasteiger partial charge on any atom is 0.252 e. The molecule has 2 aliphatic rings. The summed E-state index contributed by atoms with van der Waals surface area (Å²) in [5.41, 5.74) is 19.5. The summed E-state index contributed by atoms with van der Waals surface area (Å²) in [7, 11) is 0. The van der Waals surface area contributed by atoms with Crippen LogP contribution in [0.3, 0.4) is 0 Å². The Balaban J connectivity index is 0.943. The summed E-state index contributed by atoms with van der Waals surface area (Å²) in [6.45, 7) is 26.1. The molecule has 113 heavy (non-hydrogen) atoms. The molecular formula is C106H88BN5O. The highest BCUT2D eigenvalue weighted by atomic mass is 16.3. The van der Waals surface area contributed by atoms with E-state index >= 15 is 0 Å². The molecule has 7 heteroatoms. The Morgan fingerprint density at radius 3 is 1.12 bits per heavy atom. The van der Waals surface area contributed by atoms with Crippen molar-refractivity contribution in [2.75, 3.05) is 9.80 Å². The zero-order valence-electron chi connectivity index (χ0n) is 81.0. The molecule has 2 aliphatic heterocycles. The van der Waals surface area contributed by atoms with Gasteiger partial charge in [-0.25, -0.2) is 0 Å². The van der Waals surface area contributed by atoms with E-state index in [0.717, 1.165) is 111 Å². The van der Waals surface area contributed by atoms with E-state index in [1.807, 2.05) is 72.8 Å².